The smallest absolute Gasteiger partial charge is 0.404 e. The van der Waals surface area contributed by atoms with Gasteiger partial charge in [0.05, 0.1) is 25.2 Å². The zero-order chi connectivity index (χ0) is 30.5. The number of H-pyrrole nitrogens is 1. The summed E-state index contributed by atoms with van der Waals surface area (Å²) in [6.07, 6.45) is -4.05. The van der Waals surface area contributed by atoms with Crippen LogP contribution in [-0.4, -0.2) is 73.5 Å². The van der Waals surface area contributed by atoms with Crippen LogP contribution in [0.5, 0.6) is 5.75 Å². The quantitative estimate of drug-likeness (QED) is 0.288. The van der Waals surface area contributed by atoms with Crippen LogP contribution in [0.2, 0.25) is 5.02 Å². The number of ketones is 1. The highest BCUT2D eigenvalue weighted by atomic mass is 35.5. The second-order valence-electron chi connectivity index (χ2n) is 10.1. The van der Waals surface area contributed by atoms with E-state index in [9.17, 15) is 37.1 Å². The fourth-order valence-electron chi connectivity index (χ4n) is 4.11. The number of halogens is 4. The molecule has 0 bridgehead atoms. The molecular weight excluding hydrogens is 573 g/mol. The van der Waals surface area contributed by atoms with Crippen LogP contribution in [0.3, 0.4) is 0 Å². The van der Waals surface area contributed by atoms with Gasteiger partial charge in [0.25, 0.3) is 5.91 Å². The summed E-state index contributed by atoms with van der Waals surface area (Å²) in [4.78, 5) is 65.3. The maximum atomic E-state index is 13.1. The first-order chi connectivity index (χ1) is 19.1. The lowest BCUT2D eigenvalue weighted by molar-refractivity contribution is -0.224. The first-order valence-electron chi connectivity index (χ1n) is 12.6. The molecule has 3 rings (SSSR count). The number of methoxy groups -OCH3 is 1. The number of nitrogens with one attached hydrogen (secondary N) is 4. The van der Waals surface area contributed by atoms with E-state index in [1.807, 2.05) is 0 Å². The molecule has 1 saturated heterocycles. The number of rotatable bonds is 11. The number of hydrogen-bond donors (Lipinski definition) is 4. The number of carbonyl (C=O) groups is 5. The molecule has 224 valence electrons. The minimum absolute atomic E-state index is 0.0964. The molecule has 1 aromatic carbocycles. The van der Waals surface area contributed by atoms with Crippen molar-refractivity contribution in [2.75, 3.05) is 26.8 Å². The van der Waals surface area contributed by atoms with Gasteiger partial charge in [-0.1, -0.05) is 11.6 Å². The minimum Gasteiger partial charge on any atom is -0.496 e. The lowest BCUT2D eigenvalue weighted by Gasteiger charge is -2.27. The van der Waals surface area contributed by atoms with Crippen molar-refractivity contribution in [2.24, 2.45) is 11.3 Å². The number of aromatic nitrogens is 1. The fraction of sp³-hybridized carbons (Fsp3) is 0.500. The topological polar surface area (TPSA) is 156 Å². The Morgan fingerprint density at radius 2 is 1.88 bits per heavy atom. The highest BCUT2D eigenvalue weighted by Crippen LogP contribution is 2.38. The van der Waals surface area contributed by atoms with E-state index in [0.29, 0.717) is 54.9 Å². The number of benzene rings is 1. The Kier molecular flexibility index (Phi) is 9.89. The van der Waals surface area contributed by atoms with Gasteiger partial charge in [0.1, 0.15) is 11.4 Å². The molecule has 1 fully saturated rings. The number of amides is 3. The molecule has 2 heterocycles. The van der Waals surface area contributed by atoms with E-state index in [-0.39, 0.29) is 18.0 Å². The molecular formula is C26H30ClF3N4O7. The number of hydrogen-bond acceptors (Lipinski definition) is 7. The molecule has 2 atom stereocenters. The summed E-state index contributed by atoms with van der Waals surface area (Å²) in [5.41, 5.74) is -2.25. The first-order valence-corrected chi connectivity index (χ1v) is 13.0. The van der Waals surface area contributed by atoms with Crippen LogP contribution in [0.1, 0.15) is 43.6 Å². The summed E-state index contributed by atoms with van der Waals surface area (Å²) in [5, 5.41) is 8.38. The molecule has 41 heavy (non-hydrogen) atoms. The molecule has 0 saturated carbocycles. The fourth-order valence-corrected chi connectivity index (χ4v) is 4.32. The van der Waals surface area contributed by atoms with E-state index < -0.39 is 60.3 Å². The van der Waals surface area contributed by atoms with Gasteiger partial charge in [0, 0.05) is 22.9 Å². The van der Waals surface area contributed by atoms with E-state index in [0.717, 1.165) is 0 Å². The zero-order valence-electron chi connectivity index (χ0n) is 22.5. The molecule has 1 aliphatic rings. The molecule has 11 nitrogen and oxygen atoms in total. The normalized spacial score (nSPS) is 16.5. The third-order valence-corrected chi connectivity index (χ3v) is 6.97. The molecule has 0 spiro atoms. The third-order valence-electron chi connectivity index (χ3n) is 6.75. The largest absolute Gasteiger partial charge is 0.496 e. The molecule has 0 radical (unpaired) electrons. The van der Waals surface area contributed by atoms with Gasteiger partial charge in [-0.05, 0) is 51.3 Å². The SMILES string of the molecule is COc1cc(Cl)cc2[nH]c(C(=O)NCC(=O)NC(CC3CCCNC3=O)C(=O)COC(=O)C(C)(C)C(F)(F)F)cc12. The van der Waals surface area contributed by atoms with Gasteiger partial charge in [-0.25, -0.2) is 0 Å². The van der Waals surface area contributed by atoms with Crippen LogP contribution in [0.25, 0.3) is 10.9 Å². The maximum absolute atomic E-state index is 13.1. The number of aromatic amines is 1. The molecule has 3 amide bonds. The summed E-state index contributed by atoms with van der Waals surface area (Å²) in [5.74, 6) is -4.63. The summed E-state index contributed by atoms with van der Waals surface area (Å²) in [6, 6.07) is 3.29. The van der Waals surface area contributed by atoms with Crippen molar-refractivity contribution < 1.29 is 46.6 Å². The number of ether oxygens (including phenoxy) is 2. The van der Waals surface area contributed by atoms with Crippen molar-refractivity contribution in [1.29, 1.82) is 0 Å². The molecule has 0 aliphatic carbocycles. The summed E-state index contributed by atoms with van der Waals surface area (Å²) >= 11 is 6.05. The minimum atomic E-state index is -4.92. The van der Waals surface area contributed by atoms with Crippen LogP contribution in [0.15, 0.2) is 18.2 Å². The number of carbonyl (C=O) groups excluding carboxylic acids is 5. The van der Waals surface area contributed by atoms with Gasteiger partial charge < -0.3 is 30.4 Å². The van der Waals surface area contributed by atoms with E-state index in [1.165, 1.54) is 13.2 Å². The van der Waals surface area contributed by atoms with Crippen LogP contribution in [-0.2, 0) is 23.9 Å². The van der Waals surface area contributed by atoms with Crippen molar-refractivity contribution in [1.82, 2.24) is 20.9 Å². The monoisotopic (exact) mass is 602 g/mol. The van der Waals surface area contributed by atoms with Crippen molar-refractivity contribution >= 4 is 52.0 Å². The summed E-state index contributed by atoms with van der Waals surface area (Å²) in [7, 11) is 1.44. The van der Waals surface area contributed by atoms with Crippen molar-refractivity contribution in [3.63, 3.8) is 0 Å². The van der Waals surface area contributed by atoms with Gasteiger partial charge in [-0.3, -0.25) is 24.0 Å². The Hall–Kier alpha value is -3.81. The van der Waals surface area contributed by atoms with Crippen molar-refractivity contribution in [3.8, 4) is 5.75 Å². The lowest BCUT2D eigenvalue weighted by Crippen LogP contribution is -2.50. The Morgan fingerprint density at radius 1 is 1.17 bits per heavy atom. The van der Waals surface area contributed by atoms with Gasteiger partial charge >= 0.3 is 12.1 Å². The number of esters is 1. The van der Waals surface area contributed by atoms with E-state index in [1.54, 1.807) is 12.1 Å². The van der Waals surface area contributed by atoms with Gasteiger partial charge in [0.15, 0.2) is 17.8 Å². The lowest BCUT2D eigenvalue weighted by atomic mass is 9.90. The van der Waals surface area contributed by atoms with Crippen LogP contribution < -0.4 is 20.7 Å². The second-order valence-corrected chi connectivity index (χ2v) is 10.5. The Morgan fingerprint density at radius 3 is 2.51 bits per heavy atom. The highest BCUT2D eigenvalue weighted by molar-refractivity contribution is 6.31. The first kappa shape index (κ1) is 31.7. The molecule has 4 N–H and O–H groups in total. The number of Topliss-reactive ketones (excluding diaryl/α,β-unsaturated/α-hetero) is 1. The molecule has 15 heteroatoms. The number of piperidine rings is 1. The van der Waals surface area contributed by atoms with E-state index in [2.05, 4.69) is 25.7 Å². The van der Waals surface area contributed by atoms with Gasteiger partial charge in [0.2, 0.25) is 11.8 Å². The van der Waals surface area contributed by atoms with Crippen molar-refractivity contribution in [2.45, 2.75) is 45.3 Å². The van der Waals surface area contributed by atoms with E-state index in [4.69, 9.17) is 16.3 Å². The predicted octanol–water partition coefficient (Wildman–Crippen LogP) is 2.66. The summed E-state index contributed by atoms with van der Waals surface area (Å²) < 4.78 is 49.3. The van der Waals surface area contributed by atoms with E-state index >= 15 is 0 Å². The number of fused-ring (bicyclic) bond motifs is 1. The molecule has 2 aromatic rings. The predicted molar refractivity (Wildman–Crippen MR) is 140 cm³/mol. The van der Waals surface area contributed by atoms with Gasteiger partial charge in [-0.15, -0.1) is 0 Å². The van der Waals surface area contributed by atoms with Crippen LogP contribution in [0, 0.1) is 11.3 Å². The summed E-state index contributed by atoms with van der Waals surface area (Å²) in [6.45, 7) is 0.0528. The third kappa shape index (κ3) is 7.69. The maximum Gasteiger partial charge on any atom is 0.404 e. The zero-order valence-corrected chi connectivity index (χ0v) is 23.3. The molecule has 1 aromatic heterocycles. The average molecular weight is 603 g/mol. The van der Waals surface area contributed by atoms with Crippen LogP contribution >= 0.6 is 11.6 Å². The molecule has 1 aliphatic heterocycles. The van der Waals surface area contributed by atoms with Gasteiger partial charge in [-0.2, -0.15) is 13.2 Å². The number of alkyl halides is 3. The standard InChI is InChI=1S/C26H30ClF3N4O7/c1-25(2,26(28,29)30)24(39)41-12-19(35)17(7-13-5-4-6-31-22(13)37)34-21(36)11-32-23(38)18-10-15-16(33-18)8-14(27)9-20(15)40-3/h8-10,13,17,33H,4-7,11-12H2,1-3H3,(H,31,37)(H,32,38)(H,34,36). The Labute approximate surface area is 237 Å². The molecule has 2 unspecified atom stereocenters. The Balaban J connectivity index is 1.66. The van der Waals surface area contributed by atoms with Crippen molar-refractivity contribution in [3.05, 3.63) is 28.9 Å². The Bertz CT molecular complexity index is 1340. The second kappa shape index (κ2) is 12.8. The highest BCUT2D eigenvalue weighted by Gasteiger charge is 2.54. The average Bonchev–Trinajstić information content (AvgIpc) is 3.33. The van der Waals surface area contributed by atoms with Crippen LogP contribution in [0.4, 0.5) is 13.2 Å².